The summed E-state index contributed by atoms with van der Waals surface area (Å²) in [6, 6.07) is 10.5. The van der Waals surface area contributed by atoms with Crippen molar-refractivity contribution < 1.29 is 9.59 Å². The number of rotatable bonds is 4. The predicted molar refractivity (Wildman–Crippen MR) is 93.3 cm³/mol. The van der Waals surface area contributed by atoms with Crippen molar-refractivity contribution in [3.05, 3.63) is 63.1 Å². The second-order valence-corrected chi connectivity index (χ2v) is 5.88. The summed E-state index contributed by atoms with van der Waals surface area (Å²) in [7, 11) is 0. The molecule has 0 atom stereocenters. The van der Waals surface area contributed by atoms with Crippen molar-refractivity contribution in [2.45, 2.75) is 13.8 Å². The molecule has 0 aliphatic rings. The van der Waals surface area contributed by atoms with Gasteiger partial charge in [0.2, 0.25) is 5.91 Å². The number of halogens is 2. The molecular weight excluding hydrogens is 335 g/mol. The molecule has 6 heteroatoms. The number of carbonyl (C=O) groups is 2. The number of anilines is 1. The fraction of sp³-hybridized carbons (Fsp3) is 0.176. The van der Waals surface area contributed by atoms with E-state index in [1.165, 1.54) is 0 Å². The van der Waals surface area contributed by atoms with Gasteiger partial charge >= 0.3 is 0 Å². The summed E-state index contributed by atoms with van der Waals surface area (Å²) in [4.78, 5) is 24.1. The van der Waals surface area contributed by atoms with E-state index in [-0.39, 0.29) is 23.0 Å². The Bertz CT molecular complexity index is 740. The van der Waals surface area contributed by atoms with Gasteiger partial charge in [0.15, 0.2) is 0 Å². The van der Waals surface area contributed by atoms with Crippen molar-refractivity contribution >= 4 is 40.7 Å². The maximum absolute atomic E-state index is 12.1. The molecule has 2 rings (SSSR count). The number of carbonyl (C=O) groups excluding carboxylic acids is 2. The third kappa shape index (κ3) is 4.24. The van der Waals surface area contributed by atoms with Crippen molar-refractivity contribution in [3.8, 4) is 0 Å². The Morgan fingerprint density at radius 2 is 1.61 bits per heavy atom. The summed E-state index contributed by atoms with van der Waals surface area (Å²) in [6.45, 7) is 3.66. The molecule has 0 bridgehead atoms. The molecule has 0 saturated carbocycles. The first-order valence-corrected chi connectivity index (χ1v) is 7.74. The van der Waals surface area contributed by atoms with Crippen LogP contribution in [0.4, 0.5) is 5.69 Å². The van der Waals surface area contributed by atoms with Crippen LogP contribution in [0.5, 0.6) is 0 Å². The van der Waals surface area contributed by atoms with Gasteiger partial charge in [0.1, 0.15) is 0 Å². The van der Waals surface area contributed by atoms with Gasteiger partial charge in [-0.1, -0.05) is 47.5 Å². The van der Waals surface area contributed by atoms with Crippen molar-refractivity contribution in [2.75, 3.05) is 11.9 Å². The molecule has 4 nitrogen and oxygen atoms in total. The zero-order chi connectivity index (χ0) is 17.0. The lowest BCUT2D eigenvalue weighted by Gasteiger charge is -2.12. The Hall–Kier alpha value is -2.04. The molecule has 0 fully saturated rings. The molecule has 0 unspecified atom stereocenters. The van der Waals surface area contributed by atoms with E-state index < -0.39 is 5.91 Å². The summed E-state index contributed by atoms with van der Waals surface area (Å²) in [5, 5.41) is 5.79. The molecule has 0 aliphatic carbocycles. The molecule has 2 N–H and O–H groups in total. The molecule has 120 valence electrons. The van der Waals surface area contributed by atoms with Crippen LogP contribution in [0, 0.1) is 13.8 Å². The van der Waals surface area contributed by atoms with E-state index in [9.17, 15) is 9.59 Å². The Labute approximate surface area is 144 Å². The van der Waals surface area contributed by atoms with Crippen LogP contribution in [-0.4, -0.2) is 18.4 Å². The standard InChI is InChI=1S/C17H16Cl2N2O2/c1-10-5-3-6-11(2)16(10)21-14(22)9-20-17(23)12-7-4-8-13(18)15(12)19/h3-8H,9H2,1-2H3,(H,20,23)(H,21,22). The largest absolute Gasteiger partial charge is 0.343 e. The van der Waals surface area contributed by atoms with Crippen LogP contribution in [0.1, 0.15) is 21.5 Å². The smallest absolute Gasteiger partial charge is 0.253 e. The lowest BCUT2D eigenvalue weighted by molar-refractivity contribution is -0.115. The minimum Gasteiger partial charge on any atom is -0.343 e. The van der Waals surface area contributed by atoms with E-state index in [0.29, 0.717) is 5.02 Å². The number of hydrogen-bond donors (Lipinski definition) is 2. The van der Waals surface area contributed by atoms with Crippen LogP contribution < -0.4 is 10.6 Å². The van der Waals surface area contributed by atoms with Gasteiger partial charge in [-0.05, 0) is 37.1 Å². The van der Waals surface area contributed by atoms with Gasteiger partial charge < -0.3 is 10.6 Å². The van der Waals surface area contributed by atoms with Crippen LogP contribution in [0.3, 0.4) is 0 Å². The maximum atomic E-state index is 12.1. The van der Waals surface area contributed by atoms with E-state index in [0.717, 1.165) is 16.8 Å². The van der Waals surface area contributed by atoms with Gasteiger partial charge in [-0.2, -0.15) is 0 Å². The van der Waals surface area contributed by atoms with E-state index in [4.69, 9.17) is 23.2 Å². The number of amides is 2. The molecule has 0 aromatic heterocycles. The Kier molecular flexibility index (Phi) is 5.64. The number of aryl methyl sites for hydroxylation is 2. The van der Waals surface area contributed by atoms with Crippen LogP contribution in [0.25, 0.3) is 0 Å². The van der Waals surface area contributed by atoms with E-state index in [1.807, 2.05) is 32.0 Å². The normalized spacial score (nSPS) is 10.3. The lowest BCUT2D eigenvalue weighted by Crippen LogP contribution is -2.33. The first-order valence-electron chi connectivity index (χ1n) is 6.98. The fourth-order valence-electron chi connectivity index (χ4n) is 2.13. The third-order valence-electron chi connectivity index (χ3n) is 3.35. The average molecular weight is 351 g/mol. The first kappa shape index (κ1) is 17.3. The lowest BCUT2D eigenvalue weighted by atomic mass is 10.1. The van der Waals surface area contributed by atoms with Gasteiger partial charge in [0.05, 0.1) is 22.2 Å². The highest BCUT2D eigenvalue weighted by Crippen LogP contribution is 2.25. The number of nitrogens with one attached hydrogen (secondary N) is 2. The Morgan fingerprint density at radius 3 is 2.26 bits per heavy atom. The molecule has 0 saturated heterocycles. The second-order valence-electron chi connectivity index (χ2n) is 5.10. The minimum absolute atomic E-state index is 0.157. The summed E-state index contributed by atoms with van der Waals surface area (Å²) in [6.07, 6.45) is 0. The van der Waals surface area contributed by atoms with Gasteiger partial charge in [-0.3, -0.25) is 9.59 Å². The van der Waals surface area contributed by atoms with Crippen molar-refractivity contribution in [1.82, 2.24) is 5.32 Å². The highest BCUT2D eigenvalue weighted by atomic mass is 35.5. The summed E-state index contributed by atoms with van der Waals surface area (Å²) < 4.78 is 0. The molecule has 2 aromatic rings. The molecule has 0 aliphatic heterocycles. The van der Waals surface area contributed by atoms with Crippen molar-refractivity contribution in [2.24, 2.45) is 0 Å². The highest BCUT2D eigenvalue weighted by Gasteiger charge is 2.14. The van der Waals surface area contributed by atoms with Gasteiger partial charge in [-0.15, -0.1) is 0 Å². The summed E-state index contributed by atoms with van der Waals surface area (Å²) in [5.41, 5.74) is 2.91. The molecule has 23 heavy (non-hydrogen) atoms. The van der Waals surface area contributed by atoms with Crippen molar-refractivity contribution in [1.29, 1.82) is 0 Å². The zero-order valence-electron chi connectivity index (χ0n) is 12.7. The predicted octanol–water partition coefficient (Wildman–Crippen LogP) is 3.98. The third-order valence-corrected chi connectivity index (χ3v) is 4.17. The summed E-state index contributed by atoms with van der Waals surface area (Å²) >= 11 is 11.9. The van der Waals surface area contributed by atoms with Gasteiger partial charge in [-0.25, -0.2) is 0 Å². The molecule has 0 heterocycles. The molecular formula is C17H16Cl2N2O2. The number of hydrogen-bond acceptors (Lipinski definition) is 2. The van der Waals surface area contributed by atoms with Crippen LogP contribution in [-0.2, 0) is 4.79 Å². The minimum atomic E-state index is -0.450. The number of benzene rings is 2. The van der Waals surface area contributed by atoms with Crippen LogP contribution >= 0.6 is 23.2 Å². The first-order chi connectivity index (χ1) is 10.9. The highest BCUT2D eigenvalue weighted by molar-refractivity contribution is 6.43. The SMILES string of the molecule is Cc1cccc(C)c1NC(=O)CNC(=O)c1cccc(Cl)c1Cl. The van der Waals surface area contributed by atoms with Crippen molar-refractivity contribution in [3.63, 3.8) is 0 Å². The molecule has 2 aromatic carbocycles. The fourth-order valence-corrected chi connectivity index (χ4v) is 2.52. The van der Waals surface area contributed by atoms with E-state index in [1.54, 1.807) is 18.2 Å². The maximum Gasteiger partial charge on any atom is 0.253 e. The molecule has 2 amide bonds. The van der Waals surface area contributed by atoms with Crippen LogP contribution in [0.2, 0.25) is 10.0 Å². The quantitative estimate of drug-likeness (QED) is 0.875. The Morgan fingerprint density at radius 1 is 1.00 bits per heavy atom. The summed E-state index contributed by atoms with van der Waals surface area (Å²) in [5.74, 6) is -0.761. The average Bonchev–Trinajstić information content (AvgIpc) is 2.51. The number of para-hydroxylation sites is 1. The second kappa shape index (κ2) is 7.49. The van der Waals surface area contributed by atoms with Crippen LogP contribution in [0.15, 0.2) is 36.4 Å². The Balaban J connectivity index is 1.99. The zero-order valence-corrected chi connectivity index (χ0v) is 14.3. The monoisotopic (exact) mass is 350 g/mol. The topological polar surface area (TPSA) is 58.2 Å². The van der Waals surface area contributed by atoms with Gasteiger partial charge in [0, 0.05) is 5.69 Å². The molecule has 0 radical (unpaired) electrons. The van der Waals surface area contributed by atoms with E-state index >= 15 is 0 Å². The van der Waals surface area contributed by atoms with Gasteiger partial charge in [0.25, 0.3) is 5.91 Å². The van der Waals surface area contributed by atoms with E-state index in [2.05, 4.69) is 10.6 Å². The molecule has 0 spiro atoms.